The SMILES string of the molecule is CC(C)(C)[C@H](NCc1cc(C#N)ccc1F)C(N)=O. The predicted molar refractivity (Wildman–Crippen MR) is 70.4 cm³/mol. The fraction of sp³-hybridized carbons (Fsp3) is 0.429. The molecule has 0 spiro atoms. The molecule has 0 heterocycles. The van der Waals surface area contributed by atoms with Gasteiger partial charge in [-0.1, -0.05) is 20.8 Å². The van der Waals surface area contributed by atoms with Crippen molar-refractivity contribution in [1.82, 2.24) is 5.32 Å². The van der Waals surface area contributed by atoms with Crippen molar-refractivity contribution >= 4 is 5.91 Å². The van der Waals surface area contributed by atoms with Gasteiger partial charge in [-0.3, -0.25) is 4.79 Å². The molecule has 0 aromatic heterocycles. The molecule has 0 aliphatic carbocycles. The molecular weight excluding hydrogens is 245 g/mol. The van der Waals surface area contributed by atoms with Gasteiger partial charge in [-0.2, -0.15) is 5.26 Å². The Balaban J connectivity index is 2.86. The van der Waals surface area contributed by atoms with E-state index in [4.69, 9.17) is 11.0 Å². The number of amides is 1. The van der Waals surface area contributed by atoms with E-state index in [0.29, 0.717) is 11.1 Å². The smallest absolute Gasteiger partial charge is 0.235 e. The van der Waals surface area contributed by atoms with Gasteiger partial charge in [-0.15, -0.1) is 0 Å². The number of nitrogens with one attached hydrogen (secondary N) is 1. The summed E-state index contributed by atoms with van der Waals surface area (Å²) >= 11 is 0. The molecule has 1 amide bonds. The lowest BCUT2D eigenvalue weighted by atomic mass is 9.86. The van der Waals surface area contributed by atoms with Gasteiger partial charge in [0, 0.05) is 12.1 Å². The molecular formula is C14H18FN3O. The summed E-state index contributed by atoms with van der Waals surface area (Å²) in [5.41, 5.74) is 5.69. The second-order valence-corrected chi connectivity index (χ2v) is 5.50. The summed E-state index contributed by atoms with van der Waals surface area (Å²) < 4.78 is 13.6. The molecule has 0 saturated carbocycles. The van der Waals surface area contributed by atoms with Gasteiger partial charge in [0.15, 0.2) is 0 Å². The van der Waals surface area contributed by atoms with Crippen LogP contribution in [0.3, 0.4) is 0 Å². The first-order valence-electron chi connectivity index (χ1n) is 5.97. The minimum absolute atomic E-state index is 0.145. The Morgan fingerprint density at radius 3 is 2.63 bits per heavy atom. The van der Waals surface area contributed by atoms with E-state index in [9.17, 15) is 9.18 Å². The molecule has 3 N–H and O–H groups in total. The molecule has 4 nitrogen and oxygen atoms in total. The highest BCUT2D eigenvalue weighted by atomic mass is 19.1. The largest absolute Gasteiger partial charge is 0.368 e. The number of nitriles is 1. The van der Waals surface area contributed by atoms with Crippen LogP contribution in [0.25, 0.3) is 0 Å². The lowest BCUT2D eigenvalue weighted by molar-refractivity contribution is -0.122. The maximum absolute atomic E-state index is 13.6. The molecule has 5 heteroatoms. The van der Waals surface area contributed by atoms with Crippen molar-refractivity contribution < 1.29 is 9.18 Å². The minimum Gasteiger partial charge on any atom is -0.368 e. The Kier molecular flexibility index (Phi) is 4.62. The number of nitrogens with two attached hydrogens (primary N) is 1. The molecule has 1 atom stereocenters. The number of hydrogen-bond acceptors (Lipinski definition) is 3. The average molecular weight is 263 g/mol. The third-order valence-electron chi connectivity index (χ3n) is 2.82. The Labute approximate surface area is 112 Å². The zero-order chi connectivity index (χ0) is 14.6. The summed E-state index contributed by atoms with van der Waals surface area (Å²) in [6.07, 6.45) is 0. The number of nitrogens with zero attached hydrogens (tertiary/aromatic N) is 1. The van der Waals surface area contributed by atoms with Crippen LogP contribution in [0, 0.1) is 22.6 Å². The molecule has 1 aromatic rings. The summed E-state index contributed by atoms with van der Waals surface area (Å²) in [6.45, 7) is 5.76. The molecule has 0 unspecified atom stereocenters. The minimum atomic E-state index is -0.572. The van der Waals surface area contributed by atoms with Crippen LogP contribution in [0.4, 0.5) is 4.39 Å². The Morgan fingerprint density at radius 1 is 1.53 bits per heavy atom. The molecule has 0 aliphatic rings. The zero-order valence-corrected chi connectivity index (χ0v) is 11.3. The van der Waals surface area contributed by atoms with Gasteiger partial charge in [0.2, 0.25) is 5.91 Å². The monoisotopic (exact) mass is 263 g/mol. The second-order valence-electron chi connectivity index (χ2n) is 5.50. The summed E-state index contributed by atoms with van der Waals surface area (Å²) in [5, 5.41) is 11.7. The fourth-order valence-electron chi connectivity index (χ4n) is 1.83. The highest BCUT2D eigenvalue weighted by Gasteiger charge is 2.29. The molecule has 1 aromatic carbocycles. The van der Waals surface area contributed by atoms with Crippen LogP contribution in [0.1, 0.15) is 31.9 Å². The Morgan fingerprint density at radius 2 is 2.16 bits per heavy atom. The van der Waals surface area contributed by atoms with Crippen LogP contribution in [-0.4, -0.2) is 11.9 Å². The third-order valence-corrected chi connectivity index (χ3v) is 2.82. The fourth-order valence-corrected chi connectivity index (χ4v) is 1.83. The number of primary amides is 1. The molecule has 102 valence electrons. The average Bonchev–Trinajstić information content (AvgIpc) is 2.29. The van der Waals surface area contributed by atoms with E-state index < -0.39 is 17.8 Å². The molecule has 0 bridgehead atoms. The lowest BCUT2D eigenvalue weighted by Gasteiger charge is -2.29. The molecule has 1 rings (SSSR count). The van der Waals surface area contributed by atoms with E-state index in [1.54, 1.807) is 0 Å². The first-order chi connectivity index (χ1) is 8.75. The topological polar surface area (TPSA) is 78.9 Å². The summed E-state index contributed by atoms with van der Waals surface area (Å²) in [7, 11) is 0. The molecule has 0 saturated heterocycles. The first kappa shape index (κ1) is 15.1. The van der Waals surface area contributed by atoms with Crippen molar-refractivity contribution in [1.29, 1.82) is 5.26 Å². The van der Waals surface area contributed by atoms with Crippen molar-refractivity contribution in [3.8, 4) is 6.07 Å². The quantitative estimate of drug-likeness (QED) is 0.867. The van der Waals surface area contributed by atoms with Gasteiger partial charge >= 0.3 is 0 Å². The lowest BCUT2D eigenvalue weighted by Crippen LogP contribution is -2.49. The number of hydrogen-bond donors (Lipinski definition) is 2. The van der Waals surface area contributed by atoms with Gasteiger partial charge < -0.3 is 11.1 Å². The van der Waals surface area contributed by atoms with Crippen LogP contribution in [0.5, 0.6) is 0 Å². The predicted octanol–water partition coefficient (Wildman–Crippen LogP) is 1.69. The Hall–Kier alpha value is -1.93. The number of halogens is 1. The van der Waals surface area contributed by atoms with Crippen LogP contribution < -0.4 is 11.1 Å². The van der Waals surface area contributed by atoms with Gasteiger partial charge in [0.05, 0.1) is 17.7 Å². The summed E-state index contributed by atoms with van der Waals surface area (Å²) in [5.74, 6) is -0.895. The number of carbonyl (C=O) groups is 1. The maximum Gasteiger partial charge on any atom is 0.235 e. The van der Waals surface area contributed by atoms with Crippen molar-refractivity contribution in [2.45, 2.75) is 33.4 Å². The normalized spacial score (nSPS) is 12.8. The van der Waals surface area contributed by atoms with Crippen molar-refractivity contribution in [3.05, 3.63) is 35.1 Å². The molecule has 19 heavy (non-hydrogen) atoms. The van der Waals surface area contributed by atoms with E-state index in [2.05, 4.69) is 5.32 Å². The molecule has 0 fully saturated rings. The summed E-state index contributed by atoms with van der Waals surface area (Å²) in [4.78, 5) is 11.4. The van der Waals surface area contributed by atoms with Crippen LogP contribution >= 0.6 is 0 Å². The third kappa shape index (κ3) is 4.04. The van der Waals surface area contributed by atoms with Gasteiger partial charge in [0.25, 0.3) is 0 Å². The van der Waals surface area contributed by atoms with Crippen molar-refractivity contribution in [3.63, 3.8) is 0 Å². The first-order valence-corrected chi connectivity index (χ1v) is 5.97. The number of benzene rings is 1. The van der Waals surface area contributed by atoms with Gasteiger partial charge in [-0.05, 0) is 23.6 Å². The highest BCUT2D eigenvalue weighted by Crippen LogP contribution is 2.20. The second kappa shape index (κ2) is 5.81. The van der Waals surface area contributed by atoms with Crippen molar-refractivity contribution in [2.24, 2.45) is 11.1 Å². The van der Waals surface area contributed by atoms with E-state index in [1.807, 2.05) is 26.8 Å². The highest BCUT2D eigenvalue weighted by molar-refractivity contribution is 5.80. The van der Waals surface area contributed by atoms with Gasteiger partial charge in [-0.25, -0.2) is 4.39 Å². The maximum atomic E-state index is 13.6. The van der Waals surface area contributed by atoms with E-state index in [-0.39, 0.29) is 12.0 Å². The van der Waals surface area contributed by atoms with E-state index in [0.717, 1.165) is 0 Å². The number of rotatable bonds is 4. The van der Waals surface area contributed by atoms with E-state index in [1.165, 1.54) is 18.2 Å². The molecule has 0 aliphatic heterocycles. The number of carbonyl (C=O) groups excluding carboxylic acids is 1. The standard InChI is InChI=1S/C14H18FN3O/c1-14(2,3)12(13(17)19)18-8-10-6-9(7-16)4-5-11(10)15/h4-6,12,18H,8H2,1-3H3,(H2,17,19)/t12-/m1/s1. The molecule has 0 radical (unpaired) electrons. The van der Waals surface area contributed by atoms with Crippen LogP contribution in [0.15, 0.2) is 18.2 Å². The summed E-state index contributed by atoms with van der Waals surface area (Å²) in [6, 6.07) is 5.49. The van der Waals surface area contributed by atoms with Gasteiger partial charge in [0.1, 0.15) is 5.82 Å². The van der Waals surface area contributed by atoms with Crippen LogP contribution in [0.2, 0.25) is 0 Å². The zero-order valence-electron chi connectivity index (χ0n) is 11.3. The van der Waals surface area contributed by atoms with E-state index >= 15 is 0 Å². The van der Waals surface area contributed by atoms with Crippen molar-refractivity contribution in [2.75, 3.05) is 0 Å². The Bertz CT molecular complexity index is 514. The van der Waals surface area contributed by atoms with Crippen LogP contribution in [-0.2, 0) is 11.3 Å².